The molecular formula is C9H16N2O4S. The van der Waals surface area contributed by atoms with Gasteiger partial charge in [0.05, 0.1) is 5.92 Å². The van der Waals surface area contributed by atoms with Crippen LogP contribution < -0.4 is 9.44 Å². The molecule has 3 N–H and O–H groups in total. The smallest absolute Gasteiger partial charge is 0.308 e. The highest BCUT2D eigenvalue weighted by molar-refractivity contribution is 7.87. The average molecular weight is 248 g/mol. The molecule has 4 atom stereocenters. The SMILES string of the molecule is CNS(=O)(=O)NC1C2CCC(C2)C1C(=O)O. The fraction of sp³-hybridized carbons (Fsp3) is 0.889. The molecule has 0 aromatic rings. The highest BCUT2D eigenvalue weighted by atomic mass is 32.2. The Kier molecular flexibility index (Phi) is 2.93. The molecule has 0 aliphatic heterocycles. The molecule has 0 aromatic heterocycles. The lowest BCUT2D eigenvalue weighted by Gasteiger charge is -2.28. The van der Waals surface area contributed by atoms with Gasteiger partial charge in [-0.15, -0.1) is 0 Å². The van der Waals surface area contributed by atoms with Gasteiger partial charge in [0.25, 0.3) is 10.2 Å². The van der Waals surface area contributed by atoms with Gasteiger partial charge >= 0.3 is 5.97 Å². The zero-order valence-corrected chi connectivity index (χ0v) is 9.83. The molecule has 2 rings (SSSR count). The van der Waals surface area contributed by atoms with Gasteiger partial charge in [0.15, 0.2) is 0 Å². The minimum Gasteiger partial charge on any atom is -0.481 e. The Morgan fingerprint density at radius 2 is 1.94 bits per heavy atom. The van der Waals surface area contributed by atoms with E-state index in [0.717, 1.165) is 19.3 Å². The third-order valence-corrected chi connectivity index (χ3v) is 4.88. The second kappa shape index (κ2) is 3.97. The van der Waals surface area contributed by atoms with Crippen LogP contribution in [0.1, 0.15) is 19.3 Å². The van der Waals surface area contributed by atoms with Gasteiger partial charge < -0.3 is 5.11 Å². The summed E-state index contributed by atoms with van der Waals surface area (Å²) in [7, 11) is -2.24. The van der Waals surface area contributed by atoms with Crippen LogP contribution in [0.5, 0.6) is 0 Å². The fourth-order valence-electron chi connectivity index (χ4n) is 3.05. The topological polar surface area (TPSA) is 95.5 Å². The van der Waals surface area contributed by atoms with E-state index in [2.05, 4.69) is 9.44 Å². The van der Waals surface area contributed by atoms with Crippen molar-refractivity contribution >= 4 is 16.2 Å². The number of hydrogen-bond donors (Lipinski definition) is 3. The summed E-state index contributed by atoms with van der Waals surface area (Å²) in [6.07, 6.45) is 2.65. The monoisotopic (exact) mass is 248 g/mol. The second-order valence-electron chi connectivity index (χ2n) is 4.55. The fourth-order valence-corrected chi connectivity index (χ4v) is 3.87. The van der Waals surface area contributed by atoms with E-state index in [9.17, 15) is 13.2 Å². The number of carboxylic acids is 1. The van der Waals surface area contributed by atoms with Crippen molar-refractivity contribution in [1.29, 1.82) is 0 Å². The number of carbonyl (C=O) groups is 1. The molecule has 6 nitrogen and oxygen atoms in total. The van der Waals surface area contributed by atoms with Crippen molar-refractivity contribution in [2.45, 2.75) is 25.3 Å². The molecule has 0 aromatic carbocycles. The van der Waals surface area contributed by atoms with Crippen LogP contribution in [0.15, 0.2) is 0 Å². The first-order valence-corrected chi connectivity index (χ1v) is 6.86. The summed E-state index contributed by atoms with van der Waals surface area (Å²) < 4.78 is 27.4. The molecule has 2 fully saturated rings. The lowest BCUT2D eigenvalue weighted by atomic mass is 9.85. The minimum absolute atomic E-state index is 0.132. The number of nitrogens with one attached hydrogen (secondary N) is 2. The third-order valence-electron chi connectivity index (χ3n) is 3.76. The van der Waals surface area contributed by atoms with E-state index in [1.807, 2.05) is 0 Å². The summed E-state index contributed by atoms with van der Waals surface area (Å²) in [6.45, 7) is 0. The Hall–Kier alpha value is -0.660. The summed E-state index contributed by atoms with van der Waals surface area (Å²) in [5.41, 5.74) is 0. The quantitative estimate of drug-likeness (QED) is 0.627. The number of fused-ring (bicyclic) bond motifs is 2. The van der Waals surface area contributed by atoms with E-state index in [1.54, 1.807) is 0 Å². The highest BCUT2D eigenvalue weighted by Gasteiger charge is 2.52. The van der Waals surface area contributed by atoms with Gasteiger partial charge in [-0.1, -0.05) is 0 Å². The molecular weight excluding hydrogens is 232 g/mol. The Balaban J connectivity index is 2.17. The predicted molar refractivity (Wildman–Crippen MR) is 56.9 cm³/mol. The molecule has 2 aliphatic rings. The molecule has 2 bridgehead atoms. The first-order chi connectivity index (χ1) is 7.44. The van der Waals surface area contributed by atoms with Crippen molar-refractivity contribution in [3.8, 4) is 0 Å². The van der Waals surface area contributed by atoms with Gasteiger partial charge in [-0.3, -0.25) is 4.79 Å². The van der Waals surface area contributed by atoms with Crippen LogP contribution in [-0.4, -0.2) is 32.6 Å². The molecule has 2 saturated carbocycles. The molecule has 0 radical (unpaired) electrons. The summed E-state index contributed by atoms with van der Waals surface area (Å²) in [5, 5.41) is 9.12. The van der Waals surface area contributed by atoms with Gasteiger partial charge in [0.2, 0.25) is 0 Å². The van der Waals surface area contributed by atoms with Crippen LogP contribution in [0.3, 0.4) is 0 Å². The summed E-state index contributed by atoms with van der Waals surface area (Å²) in [6, 6.07) is -0.450. The van der Waals surface area contributed by atoms with Crippen molar-refractivity contribution in [2.24, 2.45) is 17.8 Å². The maximum Gasteiger partial charge on any atom is 0.308 e. The maximum absolute atomic E-state index is 11.4. The molecule has 0 spiro atoms. The van der Waals surface area contributed by atoms with Crippen LogP contribution in [0.2, 0.25) is 0 Å². The lowest BCUT2D eigenvalue weighted by molar-refractivity contribution is -0.144. The Bertz CT molecular complexity index is 394. The molecule has 7 heteroatoms. The van der Waals surface area contributed by atoms with Crippen LogP contribution in [0.4, 0.5) is 0 Å². The van der Waals surface area contributed by atoms with Crippen molar-refractivity contribution < 1.29 is 18.3 Å². The molecule has 16 heavy (non-hydrogen) atoms. The summed E-state index contributed by atoms with van der Waals surface area (Å²) in [5.74, 6) is -1.15. The lowest BCUT2D eigenvalue weighted by Crippen LogP contribution is -2.49. The first kappa shape index (κ1) is 11.8. The van der Waals surface area contributed by atoms with Crippen LogP contribution in [0, 0.1) is 17.8 Å². The third kappa shape index (κ3) is 1.94. The Labute approximate surface area is 94.6 Å². The van der Waals surface area contributed by atoms with E-state index in [-0.39, 0.29) is 11.8 Å². The molecule has 0 saturated heterocycles. The predicted octanol–water partition coefficient (Wildman–Crippen LogP) is -0.461. The zero-order valence-electron chi connectivity index (χ0n) is 9.01. The molecule has 92 valence electrons. The molecule has 2 aliphatic carbocycles. The van der Waals surface area contributed by atoms with Crippen molar-refractivity contribution in [1.82, 2.24) is 9.44 Å². The highest BCUT2D eigenvalue weighted by Crippen LogP contribution is 2.48. The molecule has 0 amide bonds. The van der Waals surface area contributed by atoms with Crippen LogP contribution in [0.25, 0.3) is 0 Å². The van der Waals surface area contributed by atoms with Crippen molar-refractivity contribution in [3.63, 3.8) is 0 Å². The van der Waals surface area contributed by atoms with Crippen molar-refractivity contribution in [3.05, 3.63) is 0 Å². The van der Waals surface area contributed by atoms with Crippen LogP contribution >= 0.6 is 0 Å². The molecule has 0 heterocycles. The first-order valence-electron chi connectivity index (χ1n) is 5.38. The van der Waals surface area contributed by atoms with Gasteiger partial charge in [0, 0.05) is 13.1 Å². The van der Waals surface area contributed by atoms with E-state index in [1.165, 1.54) is 7.05 Å². The number of aliphatic carboxylic acids is 1. The van der Waals surface area contributed by atoms with Gasteiger partial charge in [0.1, 0.15) is 0 Å². The standard InChI is InChI=1S/C9H16N2O4S/c1-10-16(14,15)11-8-6-3-2-5(4-6)7(8)9(12)13/h5-8,10-11H,2-4H2,1H3,(H,12,13). The normalized spacial score (nSPS) is 37.8. The van der Waals surface area contributed by atoms with Gasteiger partial charge in [-0.05, 0) is 31.1 Å². The Morgan fingerprint density at radius 3 is 2.50 bits per heavy atom. The summed E-state index contributed by atoms with van der Waals surface area (Å²) in [4.78, 5) is 11.1. The number of carboxylic acid groups (broad SMARTS) is 1. The van der Waals surface area contributed by atoms with E-state index < -0.39 is 28.1 Å². The van der Waals surface area contributed by atoms with Gasteiger partial charge in [-0.25, -0.2) is 4.72 Å². The van der Waals surface area contributed by atoms with Crippen molar-refractivity contribution in [2.75, 3.05) is 7.05 Å². The second-order valence-corrected chi connectivity index (χ2v) is 6.20. The number of hydrogen-bond acceptors (Lipinski definition) is 3. The minimum atomic E-state index is -3.56. The number of rotatable bonds is 4. The van der Waals surface area contributed by atoms with E-state index in [0.29, 0.717) is 0 Å². The summed E-state index contributed by atoms with van der Waals surface area (Å²) >= 11 is 0. The molecule has 4 unspecified atom stereocenters. The Morgan fingerprint density at radius 1 is 1.31 bits per heavy atom. The van der Waals surface area contributed by atoms with E-state index >= 15 is 0 Å². The van der Waals surface area contributed by atoms with Crippen LogP contribution in [-0.2, 0) is 15.0 Å². The largest absolute Gasteiger partial charge is 0.481 e. The van der Waals surface area contributed by atoms with Gasteiger partial charge in [-0.2, -0.15) is 13.1 Å². The van der Waals surface area contributed by atoms with E-state index in [4.69, 9.17) is 5.11 Å². The maximum atomic E-state index is 11.4. The average Bonchev–Trinajstić information content (AvgIpc) is 2.76. The zero-order chi connectivity index (χ0) is 11.9.